The lowest BCUT2D eigenvalue weighted by molar-refractivity contribution is 0.0508. The first-order valence-electron chi connectivity index (χ1n) is 5.48. The summed E-state index contributed by atoms with van der Waals surface area (Å²) in [6.07, 6.45) is 2.37. The Hall–Kier alpha value is -2.16. The molecule has 0 aliphatic rings. The molecule has 3 heteroatoms. The first-order valence-corrected chi connectivity index (χ1v) is 5.48. The van der Waals surface area contributed by atoms with Gasteiger partial charge in [-0.2, -0.15) is 0 Å². The molecule has 0 aliphatic carbocycles. The fourth-order valence-corrected chi connectivity index (χ4v) is 1.45. The van der Waals surface area contributed by atoms with Crippen molar-refractivity contribution in [2.75, 3.05) is 6.61 Å². The van der Waals surface area contributed by atoms with Gasteiger partial charge in [0.1, 0.15) is 0 Å². The van der Waals surface area contributed by atoms with Crippen molar-refractivity contribution in [1.29, 1.82) is 0 Å². The Balaban J connectivity index is 1.82. The van der Waals surface area contributed by atoms with Gasteiger partial charge in [0.15, 0.2) is 0 Å². The molecule has 0 spiro atoms. The Bertz CT molecular complexity index is 468. The number of esters is 1. The van der Waals surface area contributed by atoms with E-state index in [2.05, 4.69) is 4.98 Å². The Morgan fingerprint density at radius 3 is 2.53 bits per heavy atom. The summed E-state index contributed by atoms with van der Waals surface area (Å²) in [7, 11) is 0. The minimum Gasteiger partial charge on any atom is -0.462 e. The normalized spacial score (nSPS) is 9.88. The molecule has 0 bridgehead atoms. The van der Waals surface area contributed by atoms with Crippen LogP contribution in [-0.2, 0) is 11.2 Å². The molecule has 0 unspecified atom stereocenters. The van der Waals surface area contributed by atoms with Crippen LogP contribution in [0, 0.1) is 0 Å². The van der Waals surface area contributed by atoms with Gasteiger partial charge in [0, 0.05) is 18.3 Å². The number of aromatic nitrogens is 1. The van der Waals surface area contributed by atoms with Crippen molar-refractivity contribution in [1.82, 2.24) is 4.98 Å². The predicted molar refractivity (Wildman–Crippen MR) is 64.7 cm³/mol. The number of nitrogens with zero attached hydrogens (tertiary/aromatic N) is 1. The molecule has 17 heavy (non-hydrogen) atoms. The fourth-order valence-electron chi connectivity index (χ4n) is 1.45. The van der Waals surface area contributed by atoms with Crippen molar-refractivity contribution in [3.05, 3.63) is 66.0 Å². The summed E-state index contributed by atoms with van der Waals surface area (Å²) in [4.78, 5) is 15.7. The molecule has 1 aromatic carbocycles. The monoisotopic (exact) mass is 227 g/mol. The third kappa shape index (κ3) is 3.41. The van der Waals surface area contributed by atoms with E-state index >= 15 is 0 Å². The lowest BCUT2D eigenvalue weighted by atomic mass is 10.2. The second-order valence-electron chi connectivity index (χ2n) is 3.57. The van der Waals surface area contributed by atoms with Gasteiger partial charge in [-0.05, 0) is 24.3 Å². The largest absolute Gasteiger partial charge is 0.462 e. The summed E-state index contributed by atoms with van der Waals surface area (Å²) in [6.45, 7) is 0.352. The number of carbonyl (C=O) groups is 1. The van der Waals surface area contributed by atoms with Crippen LogP contribution in [0.1, 0.15) is 16.1 Å². The molecule has 1 heterocycles. The van der Waals surface area contributed by atoms with Crippen molar-refractivity contribution in [3.63, 3.8) is 0 Å². The highest BCUT2D eigenvalue weighted by Crippen LogP contribution is 2.02. The van der Waals surface area contributed by atoms with E-state index in [0.29, 0.717) is 18.6 Å². The summed E-state index contributed by atoms with van der Waals surface area (Å²) in [6, 6.07) is 14.7. The Kier molecular flexibility index (Phi) is 3.86. The maximum absolute atomic E-state index is 11.6. The van der Waals surface area contributed by atoms with Crippen LogP contribution in [0.5, 0.6) is 0 Å². The molecule has 2 rings (SSSR count). The second-order valence-corrected chi connectivity index (χ2v) is 3.57. The van der Waals surface area contributed by atoms with Crippen LogP contribution in [0.15, 0.2) is 54.7 Å². The highest BCUT2D eigenvalue weighted by molar-refractivity contribution is 5.89. The average molecular weight is 227 g/mol. The summed E-state index contributed by atoms with van der Waals surface area (Å²) >= 11 is 0. The quantitative estimate of drug-likeness (QED) is 0.753. The molecule has 0 radical (unpaired) electrons. The molecule has 0 saturated heterocycles. The Labute approximate surface area is 100 Å². The number of rotatable bonds is 4. The zero-order valence-corrected chi connectivity index (χ0v) is 9.37. The van der Waals surface area contributed by atoms with Gasteiger partial charge in [0.05, 0.1) is 12.2 Å². The van der Waals surface area contributed by atoms with Crippen molar-refractivity contribution in [2.45, 2.75) is 6.42 Å². The van der Waals surface area contributed by atoms with E-state index < -0.39 is 0 Å². The van der Waals surface area contributed by atoms with Gasteiger partial charge in [-0.15, -0.1) is 0 Å². The zero-order valence-electron chi connectivity index (χ0n) is 9.37. The van der Waals surface area contributed by atoms with Crippen LogP contribution in [0.3, 0.4) is 0 Å². The van der Waals surface area contributed by atoms with Crippen molar-refractivity contribution >= 4 is 5.97 Å². The maximum Gasteiger partial charge on any atom is 0.338 e. The first kappa shape index (κ1) is 11.3. The highest BCUT2D eigenvalue weighted by Gasteiger charge is 2.05. The van der Waals surface area contributed by atoms with Crippen LogP contribution < -0.4 is 0 Å². The van der Waals surface area contributed by atoms with E-state index in [1.165, 1.54) is 0 Å². The van der Waals surface area contributed by atoms with E-state index in [1.807, 2.05) is 36.4 Å². The molecule has 0 amide bonds. The van der Waals surface area contributed by atoms with E-state index in [-0.39, 0.29) is 5.97 Å². The van der Waals surface area contributed by atoms with Crippen molar-refractivity contribution in [2.24, 2.45) is 0 Å². The van der Waals surface area contributed by atoms with E-state index in [0.717, 1.165) is 5.69 Å². The number of carbonyl (C=O) groups excluding carboxylic acids is 1. The number of hydrogen-bond donors (Lipinski definition) is 0. The molecule has 86 valence electrons. The van der Waals surface area contributed by atoms with Crippen LogP contribution in [0.2, 0.25) is 0 Å². The first-order chi connectivity index (χ1) is 8.36. The highest BCUT2D eigenvalue weighted by atomic mass is 16.5. The van der Waals surface area contributed by atoms with Gasteiger partial charge in [-0.1, -0.05) is 24.3 Å². The fraction of sp³-hybridized carbons (Fsp3) is 0.143. The molecule has 0 saturated carbocycles. The molecular formula is C14H13NO2. The lowest BCUT2D eigenvalue weighted by Gasteiger charge is -2.04. The third-order valence-corrected chi connectivity index (χ3v) is 2.33. The number of pyridine rings is 1. The third-order valence-electron chi connectivity index (χ3n) is 2.33. The standard InChI is InChI=1S/C14H13NO2/c16-14(12-6-2-1-3-7-12)17-11-9-13-8-4-5-10-15-13/h1-8,10H,9,11H2. The molecule has 3 nitrogen and oxygen atoms in total. The molecule has 1 aromatic heterocycles. The lowest BCUT2D eigenvalue weighted by Crippen LogP contribution is -2.08. The van der Waals surface area contributed by atoms with E-state index in [9.17, 15) is 4.79 Å². The molecule has 0 aliphatic heterocycles. The molecular weight excluding hydrogens is 214 g/mol. The van der Waals surface area contributed by atoms with Gasteiger partial charge in [-0.3, -0.25) is 4.98 Å². The Morgan fingerprint density at radius 2 is 1.82 bits per heavy atom. The smallest absolute Gasteiger partial charge is 0.338 e. The minimum absolute atomic E-state index is 0.290. The van der Waals surface area contributed by atoms with Crippen LogP contribution in [-0.4, -0.2) is 17.6 Å². The van der Waals surface area contributed by atoms with Gasteiger partial charge in [0.2, 0.25) is 0 Å². The minimum atomic E-state index is -0.290. The maximum atomic E-state index is 11.6. The van der Waals surface area contributed by atoms with Gasteiger partial charge in [0.25, 0.3) is 0 Å². The zero-order chi connectivity index (χ0) is 11.9. The Morgan fingerprint density at radius 1 is 1.06 bits per heavy atom. The average Bonchev–Trinajstić information content (AvgIpc) is 2.41. The summed E-state index contributed by atoms with van der Waals surface area (Å²) < 4.78 is 5.15. The van der Waals surface area contributed by atoms with Crippen LogP contribution >= 0.6 is 0 Å². The van der Waals surface area contributed by atoms with E-state index in [1.54, 1.807) is 18.3 Å². The van der Waals surface area contributed by atoms with Crippen LogP contribution in [0.4, 0.5) is 0 Å². The molecule has 2 aromatic rings. The van der Waals surface area contributed by atoms with Gasteiger partial charge < -0.3 is 4.74 Å². The number of benzene rings is 1. The molecule has 0 fully saturated rings. The molecule has 0 N–H and O–H groups in total. The summed E-state index contributed by atoms with van der Waals surface area (Å²) in [5, 5.41) is 0. The van der Waals surface area contributed by atoms with E-state index in [4.69, 9.17) is 4.74 Å². The summed E-state index contributed by atoms with van der Waals surface area (Å²) in [5.74, 6) is -0.290. The molecule has 0 atom stereocenters. The van der Waals surface area contributed by atoms with Gasteiger partial charge >= 0.3 is 5.97 Å². The topological polar surface area (TPSA) is 39.2 Å². The number of ether oxygens (including phenoxy) is 1. The number of hydrogen-bond acceptors (Lipinski definition) is 3. The summed E-state index contributed by atoms with van der Waals surface area (Å²) in [5.41, 5.74) is 1.50. The van der Waals surface area contributed by atoms with Crippen LogP contribution in [0.25, 0.3) is 0 Å². The van der Waals surface area contributed by atoms with Gasteiger partial charge in [-0.25, -0.2) is 4.79 Å². The SMILES string of the molecule is O=C(OCCc1ccccn1)c1ccccc1. The predicted octanol–water partition coefficient (Wildman–Crippen LogP) is 2.48. The van der Waals surface area contributed by atoms with Crippen molar-refractivity contribution < 1.29 is 9.53 Å². The second kappa shape index (κ2) is 5.80. The van der Waals surface area contributed by atoms with Crippen molar-refractivity contribution in [3.8, 4) is 0 Å².